The van der Waals surface area contributed by atoms with Crippen LogP contribution in [0.25, 0.3) is 0 Å². The van der Waals surface area contributed by atoms with Crippen LogP contribution in [0.5, 0.6) is 5.75 Å². The van der Waals surface area contributed by atoms with Gasteiger partial charge in [0.1, 0.15) is 5.75 Å². The summed E-state index contributed by atoms with van der Waals surface area (Å²) in [5, 5.41) is 5.56. The number of alkyl halides is 2. The number of rotatable bonds is 10. The largest absolute Gasteiger partial charge is 0.434 e. The molecule has 0 aliphatic rings. The Morgan fingerprint density at radius 3 is 2.52 bits per heavy atom. The highest BCUT2D eigenvalue weighted by atomic mass is 32.2. The number of hydrogen-bond acceptors (Lipinski definition) is 4. The summed E-state index contributed by atoms with van der Waals surface area (Å²) in [7, 11) is 0. The monoisotopic (exact) mass is 423 g/mol. The lowest BCUT2D eigenvalue weighted by Crippen LogP contribution is -2.32. The van der Waals surface area contributed by atoms with Crippen molar-refractivity contribution in [3.63, 3.8) is 0 Å². The number of anilines is 1. The third-order valence-corrected chi connectivity index (χ3v) is 5.04. The Morgan fingerprint density at radius 2 is 1.83 bits per heavy atom. The number of nitrogens with one attached hydrogen (secondary N) is 2. The molecule has 2 rings (SSSR count). The summed E-state index contributed by atoms with van der Waals surface area (Å²) in [5.41, 5.74) is 6.20. The molecular formula is C20H23F2N3O3S. The summed E-state index contributed by atoms with van der Waals surface area (Å²) in [5.74, 6) is 0.124. The van der Waals surface area contributed by atoms with Crippen LogP contribution in [0.1, 0.15) is 31.4 Å². The predicted molar refractivity (Wildman–Crippen MR) is 109 cm³/mol. The van der Waals surface area contributed by atoms with Crippen LogP contribution in [-0.2, 0) is 4.79 Å². The predicted octanol–water partition coefficient (Wildman–Crippen LogP) is 4.53. The maximum Gasteiger partial charge on any atom is 0.387 e. The van der Waals surface area contributed by atoms with Crippen LogP contribution >= 0.6 is 11.8 Å². The van der Waals surface area contributed by atoms with Crippen molar-refractivity contribution in [2.45, 2.75) is 37.3 Å². The van der Waals surface area contributed by atoms with Gasteiger partial charge in [-0.3, -0.25) is 4.79 Å². The standard InChI is InChI=1S/C20H23F2N3O3S/c1-2-14(13-7-3-5-9-16(13)28-19(21)22)24-20(27)25-15-8-4-6-10-17(15)29-12-11-18(23)26/h3-10,14,19H,2,11-12H2,1H3,(H2,23,26)(H2,24,25,27). The summed E-state index contributed by atoms with van der Waals surface area (Å²) in [4.78, 5) is 24.2. The Kier molecular flexibility index (Phi) is 8.72. The fourth-order valence-corrected chi connectivity index (χ4v) is 3.62. The highest BCUT2D eigenvalue weighted by molar-refractivity contribution is 7.99. The first-order chi connectivity index (χ1) is 13.9. The van der Waals surface area contributed by atoms with Gasteiger partial charge in [-0.25, -0.2) is 4.79 Å². The Balaban J connectivity index is 2.07. The summed E-state index contributed by atoms with van der Waals surface area (Å²) in [6.07, 6.45) is 0.704. The lowest BCUT2D eigenvalue weighted by atomic mass is 10.0. The van der Waals surface area contributed by atoms with Gasteiger partial charge in [0.25, 0.3) is 0 Å². The Labute approximate surface area is 172 Å². The Bertz CT molecular complexity index is 836. The molecule has 0 fully saturated rings. The number of para-hydroxylation sites is 2. The van der Waals surface area contributed by atoms with Gasteiger partial charge in [-0.1, -0.05) is 37.3 Å². The second-order valence-corrected chi connectivity index (χ2v) is 7.17. The van der Waals surface area contributed by atoms with Crippen LogP contribution in [0.15, 0.2) is 53.4 Å². The summed E-state index contributed by atoms with van der Waals surface area (Å²) in [6.45, 7) is -1.12. The van der Waals surface area contributed by atoms with Crippen LogP contribution in [0.4, 0.5) is 19.3 Å². The average molecular weight is 423 g/mol. The van der Waals surface area contributed by atoms with Gasteiger partial charge in [-0.05, 0) is 24.6 Å². The number of carbonyl (C=O) groups excluding carboxylic acids is 2. The van der Waals surface area contributed by atoms with Gasteiger partial charge in [0.2, 0.25) is 5.91 Å². The number of ether oxygens (including phenoxy) is 1. The molecular weight excluding hydrogens is 400 g/mol. The minimum Gasteiger partial charge on any atom is -0.434 e. The zero-order valence-corrected chi connectivity index (χ0v) is 16.7. The van der Waals surface area contributed by atoms with Crippen molar-refractivity contribution in [1.29, 1.82) is 0 Å². The fourth-order valence-electron chi connectivity index (χ4n) is 2.65. The van der Waals surface area contributed by atoms with Crippen LogP contribution in [0.3, 0.4) is 0 Å². The van der Waals surface area contributed by atoms with Gasteiger partial charge in [0.05, 0.1) is 11.7 Å². The van der Waals surface area contributed by atoms with Gasteiger partial charge in [-0.2, -0.15) is 8.78 Å². The van der Waals surface area contributed by atoms with E-state index < -0.39 is 24.6 Å². The minimum atomic E-state index is -2.95. The fraction of sp³-hybridized carbons (Fsp3) is 0.300. The quantitative estimate of drug-likeness (QED) is 0.490. The van der Waals surface area contributed by atoms with E-state index in [0.717, 1.165) is 4.90 Å². The molecule has 6 nitrogen and oxygen atoms in total. The highest BCUT2D eigenvalue weighted by Gasteiger charge is 2.19. The van der Waals surface area contributed by atoms with Gasteiger partial charge in [0.15, 0.2) is 0 Å². The van der Waals surface area contributed by atoms with E-state index in [1.165, 1.54) is 17.8 Å². The molecule has 0 heterocycles. The number of primary amides is 1. The molecule has 1 unspecified atom stereocenters. The first-order valence-electron chi connectivity index (χ1n) is 9.02. The smallest absolute Gasteiger partial charge is 0.387 e. The molecule has 0 radical (unpaired) electrons. The van der Waals surface area contributed by atoms with E-state index >= 15 is 0 Å². The van der Waals surface area contributed by atoms with E-state index in [-0.39, 0.29) is 12.2 Å². The molecule has 29 heavy (non-hydrogen) atoms. The maximum atomic E-state index is 12.7. The van der Waals surface area contributed by atoms with E-state index in [1.54, 1.807) is 30.3 Å². The Morgan fingerprint density at radius 1 is 1.14 bits per heavy atom. The second-order valence-electron chi connectivity index (χ2n) is 6.04. The molecule has 0 saturated heterocycles. The highest BCUT2D eigenvalue weighted by Crippen LogP contribution is 2.30. The number of amides is 3. The first kappa shape index (κ1) is 22.5. The lowest BCUT2D eigenvalue weighted by molar-refractivity contribution is -0.117. The SMILES string of the molecule is CCC(NC(=O)Nc1ccccc1SCCC(N)=O)c1ccccc1OC(F)F. The molecule has 4 N–H and O–H groups in total. The van der Waals surface area contributed by atoms with Crippen LogP contribution in [0, 0.1) is 0 Å². The van der Waals surface area contributed by atoms with Crippen molar-refractivity contribution in [2.24, 2.45) is 5.73 Å². The summed E-state index contributed by atoms with van der Waals surface area (Å²) < 4.78 is 29.9. The van der Waals surface area contributed by atoms with Gasteiger partial charge in [-0.15, -0.1) is 11.8 Å². The summed E-state index contributed by atoms with van der Waals surface area (Å²) >= 11 is 1.40. The normalized spacial score (nSPS) is 11.7. The number of nitrogens with two attached hydrogens (primary N) is 1. The molecule has 3 amide bonds. The molecule has 2 aromatic rings. The molecule has 0 bridgehead atoms. The summed E-state index contributed by atoms with van der Waals surface area (Å²) in [6, 6.07) is 12.5. The van der Waals surface area contributed by atoms with Crippen LogP contribution in [-0.4, -0.2) is 24.3 Å². The number of urea groups is 1. The molecule has 0 spiro atoms. The molecule has 0 saturated carbocycles. The van der Waals surface area contributed by atoms with Crippen molar-refractivity contribution < 1.29 is 23.1 Å². The third-order valence-electron chi connectivity index (χ3n) is 3.97. The van der Waals surface area contributed by atoms with E-state index in [1.807, 2.05) is 19.1 Å². The van der Waals surface area contributed by atoms with Crippen molar-refractivity contribution in [3.05, 3.63) is 54.1 Å². The number of hydrogen-bond donors (Lipinski definition) is 3. The van der Waals surface area contributed by atoms with Gasteiger partial charge in [0, 0.05) is 22.6 Å². The van der Waals surface area contributed by atoms with Crippen molar-refractivity contribution in [2.75, 3.05) is 11.1 Å². The molecule has 2 aromatic carbocycles. The number of halogens is 2. The van der Waals surface area contributed by atoms with Gasteiger partial charge >= 0.3 is 12.6 Å². The second kappa shape index (κ2) is 11.3. The minimum absolute atomic E-state index is 0.0251. The number of benzene rings is 2. The van der Waals surface area contributed by atoms with Crippen molar-refractivity contribution >= 4 is 29.4 Å². The topological polar surface area (TPSA) is 93.5 Å². The lowest BCUT2D eigenvalue weighted by Gasteiger charge is -2.21. The average Bonchev–Trinajstić information content (AvgIpc) is 2.67. The van der Waals surface area contributed by atoms with E-state index in [4.69, 9.17) is 5.73 Å². The number of carbonyl (C=O) groups is 2. The zero-order chi connectivity index (χ0) is 21.2. The van der Waals surface area contributed by atoms with E-state index in [2.05, 4.69) is 15.4 Å². The molecule has 0 aliphatic heterocycles. The Hall–Kier alpha value is -2.81. The van der Waals surface area contributed by atoms with Crippen LogP contribution in [0.2, 0.25) is 0 Å². The first-order valence-corrected chi connectivity index (χ1v) is 10.0. The van der Waals surface area contributed by atoms with Crippen LogP contribution < -0.4 is 21.1 Å². The molecule has 0 aliphatic carbocycles. The van der Waals surface area contributed by atoms with Gasteiger partial charge < -0.3 is 21.1 Å². The van der Waals surface area contributed by atoms with E-state index in [9.17, 15) is 18.4 Å². The number of thioether (sulfide) groups is 1. The van der Waals surface area contributed by atoms with E-state index in [0.29, 0.717) is 23.4 Å². The third kappa shape index (κ3) is 7.26. The van der Waals surface area contributed by atoms with Crippen molar-refractivity contribution in [3.8, 4) is 5.75 Å². The maximum absolute atomic E-state index is 12.7. The van der Waals surface area contributed by atoms with Crippen molar-refractivity contribution in [1.82, 2.24) is 5.32 Å². The molecule has 9 heteroatoms. The zero-order valence-electron chi connectivity index (χ0n) is 15.9. The molecule has 0 aromatic heterocycles. The molecule has 156 valence electrons. The molecule has 1 atom stereocenters.